The average molecular weight is 555 g/mol. The van der Waals surface area contributed by atoms with E-state index in [1.807, 2.05) is 50.2 Å². The van der Waals surface area contributed by atoms with E-state index in [2.05, 4.69) is 10.2 Å². The molecule has 12 nitrogen and oxygen atoms in total. The summed E-state index contributed by atoms with van der Waals surface area (Å²) >= 11 is 0. The van der Waals surface area contributed by atoms with Gasteiger partial charge in [-0.05, 0) is 38.3 Å². The van der Waals surface area contributed by atoms with E-state index in [0.29, 0.717) is 45.7 Å². The predicted octanol–water partition coefficient (Wildman–Crippen LogP) is 0.797. The Hall–Kier alpha value is -3.60. The van der Waals surface area contributed by atoms with Crippen LogP contribution in [0.4, 0.5) is 9.59 Å². The van der Waals surface area contributed by atoms with Crippen LogP contribution in [0.15, 0.2) is 42.0 Å². The van der Waals surface area contributed by atoms with Gasteiger partial charge in [-0.1, -0.05) is 30.3 Å². The van der Waals surface area contributed by atoms with Crippen LogP contribution in [0.5, 0.6) is 0 Å². The van der Waals surface area contributed by atoms with Gasteiger partial charge in [-0.2, -0.15) is 5.26 Å². The van der Waals surface area contributed by atoms with Gasteiger partial charge < -0.3 is 34.6 Å². The Morgan fingerprint density at radius 3 is 2.42 bits per heavy atom. The fraction of sp³-hybridized carbons (Fsp3) is 0.556. The number of hydrogen-bond acceptors (Lipinski definition) is 9. The summed E-state index contributed by atoms with van der Waals surface area (Å²) in [6.07, 6.45) is 1.36. The Labute approximate surface area is 235 Å². The molecule has 40 heavy (non-hydrogen) atoms. The van der Waals surface area contributed by atoms with Crippen molar-refractivity contribution in [3.63, 3.8) is 0 Å². The Morgan fingerprint density at radius 2 is 1.82 bits per heavy atom. The second-order valence-corrected chi connectivity index (χ2v) is 10.6. The molecule has 0 aliphatic carbocycles. The number of amides is 3. The number of hydrogen-bond donors (Lipinski definition) is 3. The molecule has 1 aromatic rings. The molecule has 216 valence electrons. The van der Waals surface area contributed by atoms with Crippen molar-refractivity contribution in [1.29, 1.82) is 5.26 Å². The number of alkyl carbamates (subject to hydrolysis) is 1. The van der Waals surface area contributed by atoms with Gasteiger partial charge in [-0.15, -0.1) is 0 Å². The molecular weight excluding hydrogens is 517 g/mol. The fourth-order valence-corrected chi connectivity index (χ4v) is 4.99. The molecule has 1 aromatic carbocycles. The highest BCUT2D eigenvalue weighted by Crippen LogP contribution is 2.23. The summed E-state index contributed by atoms with van der Waals surface area (Å²) in [4.78, 5) is 42.6. The molecule has 3 amide bonds. The van der Waals surface area contributed by atoms with Crippen molar-refractivity contribution >= 4 is 25.2 Å². The van der Waals surface area contributed by atoms with E-state index in [9.17, 15) is 29.7 Å². The average Bonchev–Trinajstić information content (AvgIpc) is 3.43. The summed E-state index contributed by atoms with van der Waals surface area (Å²) in [7, 11) is -0.411. The first-order valence-electron chi connectivity index (χ1n) is 13.4. The highest BCUT2D eigenvalue weighted by Gasteiger charge is 2.34. The number of nitrogens with one attached hydrogen (secondary N) is 1. The molecule has 0 bridgehead atoms. The lowest BCUT2D eigenvalue weighted by atomic mass is 9.76. The van der Waals surface area contributed by atoms with Gasteiger partial charge in [0.2, 0.25) is 0 Å². The van der Waals surface area contributed by atoms with E-state index in [0.717, 1.165) is 5.56 Å². The summed E-state index contributed by atoms with van der Waals surface area (Å²) in [5, 5.41) is 31.6. The molecule has 3 N–H and O–H groups in total. The number of likely N-dealkylation sites (tertiary alicyclic amines) is 1. The van der Waals surface area contributed by atoms with Crippen LogP contribution in [0.3, 0.4) is 0 Å². The van der Waals surface area contributed by atoms with Crippen LogP contribution >= 0.6 is 0 Å². The van der Waals surface area contributed by atoms with Gasteiger partial charge in [0.25, 0.3) is 5.91 Å². The molecule has 0 saturated carbocycles. The first-order chi connectivity index (χ1) is 19.0. The summed E-state index contributed by atoms with van der Waals surface area (Å²) in [5.41, 5.74) is 0.288. The number of benzene rings is 1. The van der Waals surface area contributed by atoms with Crippen molar-refractivity contribution in [2.24, 2.45) is 5.92 Å². The van der Waals surface area contributed by atoms with Gasteiger partial charge in [0, 0.05) is 50.7 Å². The smallest absolute Gasteiger partial charge is 0.453 e. The molecule has 13 heteroatoms. The molecule has 0 aromatic heterocycles. The second-order valence-electron chi connectivity index (χ2n) is 10.6. The van der Waals surface area contributed by atoms with E-state index in [1.54, 1.807) is 15.9 Å². The number of carbonyl (C=O) groups is 3. The van der Waals surface area contributed by atoms with Crippen molar-refractivity contribution < 1.29 is 33.9 Å². The van der Waals surface area contributed by atoms with E-state index >= 15 is 0 Å². The van der Waals surface area contributed by atoms with Crippen LogP contribution in [-0.2, 0) is 20.7 Å². The normalized spacial score (nSPS) is 19.0. The van der Waals surface area contributed by atoms with Crippen molar-refractivity contribution in [3.05, 3.63) is 47.5 Å². The Kier molecular flexibility index (Phi) is 11.0. The molecule has 2 heterocycles. The number of nitriles is 1. The zero-order chi connectivity index (χ0) is 29.3. The Bertz CT molecular complexity index is 1100. The van der Waals surface area contributed by atoms with E-state index < -0.39 is 24.7 Å². The lowest BCUT2D eigenvalue weighted by Crippen LogP contribution is -2.55. The SMILES string of the molecule is COC(=O)N1CCN(C(C)(C)C=C(C#N)C(=O)N2CC[C@H](COC(=O)NC(Cc3ccccc3)B(O)O)C2)CC1. The van der Waals surface area contributed by atoms with E-state index in [1.165, 1.54) is 7.11 Å². The lowest BCUT2D eigenvalue weighted by Gasteiger charge is -2.42. The molecule has 2 fully saturated rings. The molecule has 0 radical (unpaired) electrons. The topological polar surface area (TPSA) is 156 Å². The maximum Gasteiger partial charge on any atom is 0.475 e. The van der Waals surface area contributed by atoms with Gasteiger partial charge in [0.15, 0.2) is 0 Å². The predicted molar refractivity (Wildman–Crippen MR) is 147 cm³/mol. The zero-order valence-corrected chi connectivity index (χ0v) is 23.3. The van der Waals surface area contributed by atoms with Crippen molar-refractivity contribution in [2.75, 3.05) is 53.0 Å². The summed E-state index contributed by atoms with van der Waals surface area (Å²) in [6.45, 7) is 6.81. The maximum atomic E-state index is 13.2. The fourth-order valence-electron chi connectivity index (χ4n) is 4.99. The maximum absolute atomic E-state index is 13.2. The van der Waals surface area contributed by atoms with E-state index in [4.69, 9.17) is 9.47 Å². The standard InChI is InChI=1S/C27H38BN5O7/c1-27(2,33-13-11-31(12-14-33)26(36)39-3)16-22(17-29)24(34)32-10-9-21(18-32)19-40-25(35)30-23(28(37)38)15-20-7-5-4-6-8-20/h4-8,16,21,23,37-38H,9-15,18-19H2,1-3H3,(H,30,35)/t21-,23?/m0/s1. The minimum absolute atomic E-state index is 0.0420. The summed E-state index contributed by atoms with van der Waals surface area (Å²) in [6, 6.07) is 11.2. The van der Waals surface area contributed by atoms with Gasteiger partial charge >= 0.3 is 19.3 Å². The number of nitrogens with zero attached hydrogens (tertiary/aromatic N) is 4. The van der Waals surface area contributed by atoms with Gasteiger partial charge in [-0.3, -0.25) is 9.69 Å². The van der Waals surface area contributed by atoms with Crippen LogP contribution in [0, 0.1) is 17.2 Å². The molecule has 2 saturated heterocycles. The van der Waals surface area contributed by atoms with E-state index in [-0.39, 0.29) is 36.5 Å². The first kappa shape index (κ1) is 30.9. The molecule has 3 rings (SSSR count). The summed E-state index contributed by atoms with van der Waals surface area (Å²) < 4.78 is 10.1. The highest BCUT2D eigenvalue weighted by atomic mass is 16.6. The molecular formula is C27H38BN5O7. The number of rotatable bonds is 9. The first-order valence-corrected chi connectivity index (χ1v) is 13.4. The van der Waals surface area contributed by atoms with Crippen LogP contribution in [0.2, 0.25) is 0 Å². The molecule has 2 atom stereocenters. The number of ether oxygens (including phenoxy) is 2. The quantitative estimate of drug-likeness (QED) is 0.228. The minimum atomic E-state index is -1.76. The minimum Gasteiger partial charge on any atom is -0.453 e. The monoisotopic (exact) mass is 555 g/mol. The third-order valence-corrected chi connectivity index (χ3v) is 7.36. The second kappa shape index (κ2) is 14.2. The summed E-state index contributed by atoms with van der Waals surface area (Å²) in [5.74, 6) is -1.42. The van der Waals surface area contributed by atoms with Crippen LogP contribution in [-0.4, -0.2) is 114 Å². The van der Waals surface area contributed by atoms with Gasteiger partial charge in [0.1, 0.15) is 11.6 Å². The zero-order valence-electron chi connectivity index (χ0n) is 23.3. The Balaban J connectivity index is 1.50. The van der Waals surface area contributed by atoms with Crippen LogP contribution < -0.4 is 5.32 Å². The Morgan fingerprint density at radius 1 is 1.15 bits per heavy atom. The lowest BCUT2D eigenvalue weighted by molar-refractivity contribution is -0.125. The van der Waals surface area contributed by atoms with Crippen LogP contribution in [0.25, 0.3) is 0 Å². The van der Waals surface area contributed by atoms with Crippen molar-refractivity contribution in [1.82, 2.24) is 20.0 Å². The van der Waals surface area contributed by atoms with Crippen molar-refractivity contribution in [3.8, 4) is 6.07 Å². The van der Waals surface area contributed by atoms with Crippen LogP contribution in [0.1, 0.15) is 25.8 Å². The number of methoxy groups -OCH3 is 1. The number of carbonyl (C=O) groups excluding carboxylic acids is 3. The third-order valence-electron chi connectivity index (χ3n) is 7.36. The van der Waals surface area contributed by atoms with Gasteiger partial charge in [0.05, 0.1) is 19.7 Å². The molecule has 2 aliphatic rings. The third kappa shape index (κ3) is 8.45. The largest absolute Gasteiger partial charge is 0.475 e. The number of piperazine rings is 1. The highest BCUT2D eigenvalue weighted by molar-refractivity contribution is 6.43. The van der Waals surface area contributed by atoms with Gasteiger partial charge in [-0.25, -0.2) is 9.59 Å². The molecule has 1 unspecified atom stereocenters. The molecule has 2 aliphatic heterocycles. The molecule has 0 spiro atoms. The van der Waals surface area contributed by atoms with Crippen molar-refractivity contribution in [2.45, 2.75) is 38.2 Å².